The summed E-state index contributed by atoms with van der Waals surface area (Å²) in [7, 11) is 1.65. The fourth-order valence-electron chi connectivity index (χ4n) is 1.99. The molecule has 0 N–H and O–H groups in total. The first-order valence-corrected chi connectivity index (χ1v) is 6.14. The molecule has 0 spiro atoms. The van der Waals surface area contributed by atoms with E-state index in [-0.39, 0.29) is 6.10 Å². The van der Waals surface area contributed by atoms with Gasteiger partial charge >= 0.3 is 0 Å². The number of nitrogens with zero attached hydrogens (tertiary/aromatic N) is 1. The van der Waals surface area contributed by atoms with Crippen molar-refractivity contribution in [2.45, 2.75) is 38.2 Å². The van der Waals surface area contributed by atoms with E-state index in [2.05, 4.69) is 11.4 Å². The SMILES string of the molecule is COc1ccc(/[C]=N/OC2CCCCC2)cc1. The molecule has 0 aliphatic heterocycles. The van der Waals surface area contributed by atoms with E-state index in [0.717, 1.165) is 24.2 Å². The molecule has 0 atom stereocenters. The Morgan fingerprint density at radius 3 is 2.47 bits per heavy atom. The van der Waals surface area contributed by atoms with Crippen molar-refractivity contribution in [2.24, 2.45) is 5.16 Å². The Morgan fingerprint density at radius 1 is 1.12 bits per heavy atom. The highest BCUT2D eigenvalue weighted by Crippen LogP contribution is 2.20. The topological polar surface area (TPSA) is 30.8 Å². The highest BCUT2D eigenvalue weighted by Gasteiger charge is 2.13. The van der Waals surface area contributed by atoms with E-state index in [0.29, 0.717) is 0 Å². The number of rotatable bonds is 4. The van der Waals surface area contributed by atoms with Crippen molar-refractivity contribution < 1.29 is 9.57 Å². The molecule has 0 bridgehead atoms. The summed E-state index contributed by atoms with van der Waals surface area (Å²) in [6.07, 6.45) is 9.25. The minimum absolute atomic E-state index is 0.287. The lowest BCUT2D eigenvalue weighted by Gasteiger charge is -2.18. The quantitative estimate of drug-likeness (QED) is 0.589. The lowest BCUT2D eigenvalue weighted by atomic mass is 9.98. The van der Waals surface area contributed by atoms with Gasteiger partial charge in [-0.3, -0.25) is 0 Å². The summed E-state index contributed by atoms with van der Waals surface area (Å²) in [5.41, 5.74) is 0.904. The average Bonchev–Trinajstić information content (AvgIpc) is 2.41. The molecule has 0 amide bonds. The zero-order valence-corrected chi connectivity index (χ0v) is 10.2. The van der Waals surface area contributed by atoms with Gasteiger partial charge in [-0.25, -0.2) is 0 Å². The minimum atomic E-state index is 0.287. The second kappa shape index (κ2) is 6.28. The van der Waals surface area contributed by atoms with Crippen LogP contribution in [-0.2, 0) is 4.84 Å². The van der Waals surface area contributed by atoms with Gasteiger partial charge in [0.1, 0.15) is 18.1 Å². The Bertz CT molecular complexity index is 353. The summed E-state index contributed by atoms with van der Waals surface area (Å²) in [4.78, 5) is 5.43. The van der Waals surface area contributed by atoms with Crippen LogP contribution in [0.15, 0.2) is 29.4 Å². The van der Waals surface area contributed by atoms with Gasteiger partial charge in [0, 0.05) is 5.56 Å². The van der Waals surface area contributed by atoms with Crippen LogP contribution in [0.25, 0.3) is 0 Å². The summed E-state index contributed by atoms with van der Waals surface area (Å²) >= 11 is 0. The first kappa shape index (κ1) is 12.0. The van der Waals surface area contributed by atoms with E-state index in [4.69, 9.17) is 9.57 Å². The molecule has 1 fully saturated rings. The molecule has 0 heterocycles. The summed E-state index contributed by atoms with van der Waals surface area (Å²) in [5, 5.41) is 3.93. The van der Waals surface area contributed by atoms with Crippen molar-refractivity contribution >= 4 is 6.21 Å². The molecule has 1 radical (unpaired) electrons. The van der Waals surface area contributed by atoms with Gasteiger partial charge in [-0.1, -0.05) is 11.6 Å². The molecule has 1 aliphatic rings. The second-order valence-corrected chi connectivity index (χ2v) is 4.30. The normalized spacial score (nSPS) is 17.2. The maximum Gasteiger partial charge on any atom is 0.139 e. The van der Waals surface area contributed by atoms with Crippen molar-refractivity contribution in [3.8, 4) is 5.75 Å². The summed E-state index contributed by atoms with van der Waals surface area (Å²) < 4.78 is 5.08. The molecule has 91 valence electrons. The number of ether oxygens (including phenoxy) is 1. The van der Waals surface area contributed by atoms with Gasteiger partial charge in [0.2, 0.25) is 0 Å². The number of hydrogen-bond acceptors (Lipinski definition) is 3. The van der Waals surface area contributed by atoms with Crippen molar-refractivity contribution in [1.29, 1.82) is 0 Å². The summed E-state index contributed by atoms with van der Waals surface area (Å²) in [5.74, 6) is 0.837. The van der Waals surface area contributed by atoms with Gasteiger partial charge in [0.15, 0.2) is 0 Å². The molecule has 17 heavy (non-hydrogen) atoms. The van der Waals surface area contributed by atoms with Crippen LogP contribution >= 0.6 is 0 Å². The first-order chi connectivity index (χ1) is 8.38. The van der Waals surface area contributed by atoms with Gasteiger partial charge in [0.25, 0.3) is 0 Å². The molecule has 3 heteroatoms. The number of methoxy groups -OCH3 is 1. The predicted octanol–water partition coefficient (Wildman–Crippen LogP) is 3.26. The lowest BCUT2D eigenvalue weighted by Crippen LogP contribution is -2.13. The van der Waals surface area contributed by atoms with Crippen LogP contribution in [0.4, 0.5) is 0 Å². The predicted molar refractivity (Wildman–Crippen MR) is 67.5 cm³/mol. The summed E-state index contributed by atoms with van der Waals surface area (Å²) in [6.45, 7) is 0. The van der Waals surface area contributed by atoms with Crippen molar-refractivity contribution in [1.82, 2.24) is 0 Å². The van der Waals surface area contributed by atoms with Crippen LogP contribution in [0, 0.1) is 0 Å². The van der Waals surface area contributed by atoms with E-state index >= 15 is 0 Å². The Kier molecular flexibility index (Phi) is 4.42. The average molecular weight is 232 g/mol. The highest BCUT2D eigenvalue weighted by molar-refractivity contribution is 5.79. The van der Waals surface area contributed by atoms with E-state index in [1.165, 1.54) is 19.3 Å². The molecule has 0 aromatic heterocycles. The fraction of sp³-hybridized carbons (Fsp3) is 0.500. The Hall–Kier alpha value is -1.51. The van der Waals surface area contributed by atoms with E-state index in [1.807, 2.05) is 24.3 Å². The fourth-order valence-corrected chi connectivity index (χ4v) is 1.99. The number of benzene rings is 1. The Morgan fingerprint density at radius 2 is 1.82 bits per heavy atom. The molecule has 1 aliphatic carbocycles. The van der Waals surface area contributed by atoms with Crippen LogP contribution in [0.3, 0.4) is 0 Å². The van der Waals surface area contributed by atoms with Crippen LogP contribution in [-0.4, -0.2) is 19.4 Å². The van der Waals surface area contributed by atoms with Crippen LogP contribution < -0.4 is 4.74 Å². The second-order valence-electron chi connectivity index (χ2n) is 4.30. The standard InChI is InChI=1S/C14H18NO2/c1-16-13-9-7-12(8-10-13)11-15-17-14-5-3-2-4-6-14/h7-10,14H,2-6H2,1H3. The number of hydrogen-bond donors (Lipinski definition) is 0. The van der Waals surface area contributed by atoms with Gasteiger partial charge < -0.3 is 9.57 Å². The zero-order valence-electron chi connectivity index (χ0n) is 10.2. The minimum Gasteiger partial charge on any atom is -0.497 e. The third kappa shape index (κ3) is 3.77. The molecule has 3 nitrogen and oxygen atoms in total. The largest absolute Gasteiger partial charge is 0.497 e. The Balaban J connectivity index is 1.82. The molecule has 1 aromatic carbocycles. The van der Waals surface area contributed by atoms with Crippen molar-refractivity contribution in [3.05, 3.63) is 29.8 Å². The first-order valence-electron chi connectivity index (χ1n) is 6.14. The molecular formula is C14H18NO2. The maximum atomic E-state index is 5.43. The van der Waals surface area contributed by atoms with E-state index in [1.54, 1.807) is 7.11 Å². The molecule has 0 unspecified atom stereocenters. The Labute approximate surface area is 102 Å². The lowest BCUT2D eigenvalue weighted by molar-refractivity contribution is 0.0340. The molecule has 2 rings (SSSR count). The van der Waals surface area contributed by atoms with Crippen LogP contribution in [0.1, 0.15) is 37.7 Å². The van der Waals surface area contributed by atoms with Gasteiger partial charge in [-0.15, -0.1) is 0 Å². The summed E-state index contributed by atoms with van der Waals surface area (Å²) in [6, 6.07) is 7.59. The molecular weight excluding hydrogens is 214 g/mol. The van der Waals surface area contributed by atoms with E-state index < -0.39 is 0 Å². The molecule has 1 saturated carbocycles. The maximum absolute atomic E-state index is 5.43. The van der Waals surface area contributed by atoms with Crippen LogP contribution in [0.5, 0.6) is 5.75 Å². The van der Waals surface area contributed by atoms with Crippen molar-refractivity contribution in [3.63, 3.8) is 0 Å². The van der Waals surface area contributed by atoms with Crippen LogP contribution in [0.2, 0.25) is 0 Å². The third-order valence-electron chi connectivity index (χ3n) is 3.02. The van der Waals surface area contributed by atoms with E-state index in [9.17, 15) is 0 Å². The zero-order chi connectivity index (χ0) is 11.9. The molecule has 0 saturated heterocycles. The molecule has 1 aromatic rings. The highest BCUT2D eigenvalue weighted by atomic mass is 16.6. The third-order valence-corrected chi connectivity index (χ3v) is 3.02. The smallest absolute Gasteiger partial charge is 0.139 e. The van der Waals surface area contributed by atoms with Gasteiger partial charge in [-0.05, 0) is 49.9 Å². The van der Waals surface area contributed by atoms with Crippen molar-refractivity contribution in [2.75, 3.05) is 7.11 Å². The van der Waals surface area contributed by atoms with Gasteiger partial charge in [-0.2, -0.15) is 0 Å². The van der Waals surface area contributed by atoms with Gasteiger partial charge in [0.05, 0.1) is 7.11 Å². The monoisotopic (exact) mass is 232 g/mol.